The number of esters is 1. The molecule has 1 aromatic heterocycles. The van der Waals surface area contributed by atoms with Crippen molar-refractivity contribution in [3.8, 4) is 0 Å². The van der Waals surface area contributed by atoms with Gasteiger partial charge in [-0.25, -0.2) is 9.59 Å². The molecule has 0 fully saturated rings. The summed E-state index contributed by atoms with van der Waals surface area (Å²) in [5, 5.41) is 10.6. The van der Waals surface area contributed by atoms with Gasteiger partial charge in [-0.05, 0) is 39.3 Å². The minimum absolute atomic E-state index is 0.243. The van der Waals surface area contributed by atoms with Gasteiger partial charge in [0.25, 0.3) is 0 Å². The van der Waals surface area contributed by atoms with E-state index in [1.54, 1.807) is 27.7 Å². The number of nitrogens with zero attached hydrogens (tertiary/aromatic N) is 1. The summed E-state index contributed by atoms with van der Waals surface area (Å²) >= 11 is 0. The van der Waals surface area contributed by atoms with E-state index in [9.17, 15) is 14.7 Å². The number of nitrogens with two attached hydrogens (primary N) is 1. The first-order valence-corrected chi connectivity index (χ1v) is 8.14. The van der Waals surface area contributed by atoms with Crippen LogP contribution in [-0.4, -0.2) is 33.2 Å². The molecule has 0 radical (unpaired) electrons. The minimum atomic E-state index is -2.14. The molecule has 0 aliphatic carbocycles. The van der Waals surface area contributed by atoms with Crippen molar-refractivity contribution in [2.75, 3.05) is 0 Å². The number of carbonyl (C=O) groups is 2. The first-order chi connectivity index (χ1) is 11.5. The largest absolute Gasteiger partial charge is 0.479 e. The molecule has 2 aromatic rings. The van der Waals surface area contributed by atoms with Gasteiger partial charge in [0, 0.05) is 17.0 Å². The Labute approximate surface area is 147 Å². The summed E-state index contributed by atoms with van der Waals surface area (Å²) in [5.74, 6) is -3.05. The predicted molar refractivity (Wildman–Crippen MR) is 95.0 cm³/mol. The number of aliphatic carboxylic acids is 1. The number of rotatable bonds is 5. The van der Waals surface area contributed by atoms with Gasteiger partial charge >= 0.3 is 11.9 Å². The SMILES string of the molecule is CC(Cc1ccc2ccccc2n1)C(N)(C(=O)O)C(=O)OC(C)(C)C. The van der Waals surface area contributed by atoms with Gasteiger partial charge in [-0.2, -0.15) is 0 Å². The molecule has 25 heavy (non-hydrogen) atoms. The third-order valence-corrected chi connectivity index (χ3v) is 4.04. The van der Waals surface area contributed by atoms with Crippen molar-refractivity contribution in [3.63, 3.8) is 0 Å². The highest BCUT2D eigenvalue weighted by molar-refractivity contribution is 6.04. The summed E-state index contributed by atoms with van der Waals surface area (Å²) in [6.07, 6.45) is 0.243. The maximum atomic E-state index is 12.4. The number of fused-ring (bicyclic) bond motifs is 1. The number of carbonyl (C=O) groups excluding carboxylic acids is 1. The number of para-hydroxylation sites is 1. The molecule has 2 unspecified atom stereocenters. The average molecular weight is 344 g/mol. The van der Waals surface area contributed by atoms with Crippen molar-refractivity contribution in [1.82, 2.24) is 4.98 Å². The molecule has 0 saturated heterocycles. The van der Waals surface area contributed by atoms with Crippen molar-refractivity contribution in [1.29, 1.82) is 0 Å². The van der Waals surface area contributed by atoms with Gasteiger partial charge in [-0.1, -0.05) is 31.2 Å². The number of carboxylic acid groups (broad SMARTS) is 1. The molecule has 0 saturated carbocycles. The topological polar surface area (TPSA) is 103 Å². The highest BCUT2D eigenvalue weighted by Crippen LogP contribution is 2.24. The van der Waals surface area contributed by atoms with Crippen molar-refractivity contribution in [3.05, 3.63) is 42.1 Å². The summed E-state index contributed by atoms with van der Waals surface area (Å²) < 4.78 is 5.23. The third kappa shape index (κ3) is 4.14. The van der Waals surface area contributed by atoms with Crippen LogP contribution in [0.3, 0.4) is 0 Å². The zero-order chi connectivity index (χ0) is 18.8. The van der Waals surface area contributed by atoms with Gasteiger partial charge in [0.1, 0.15) is 5.60 Å². The second kappa shape index (κ2) is 6.80. The van der Waals surface area contributed by atoms with Gasteiger partial charge in [-0.15, -0.1) is 0 Å². The maximum Gasteiger partial charge on any atom is 0.338 e. The van der Waals surface area contributed by atoms with Gasteiger partial charge in [0.2, 0.25) is 5.54 Å². The highest BCUT2D eigenvalue weighted by atomic mass is 16.6. The van der Waals surface area contributed by atoms with Crippen LogP contribution < -0.4 is 5.73 Å². The number of hydrogen-bond donors (Lipinski definition) is 2. The molecule has 0 amide bonds. The molecule has 1 aromatic carbocycles. The zero-order valence-corrected chi connectivity index (χ0v) is 14.9. The van der Waals surface area contributed by atoms with Crippen LogP contribution >= 0.6 is 0 Å². The Morgan fingerprint density at radius 2 is 1.84 bits per heavy atom. The number of pyridine rings is 1. The predicted octanol–water partition coefficient (Wildman–Crippen LogP) is 2.54. The molecular formula is C19H24N2O4. The van der Waals surface area contributed by atoms with Gasteiger partial charge in [0.05, 0.1) is 5.52 Å². The second-order valence-electron chi connectivity index (χ2n) is 7.28. The lowest BCUT2D eigenvalue weighted by Crippen LogP contribution is -2.61. The Morgan fingerprint density at radius 1 is 1.20 bits per heavy atom. The Morgan fingerprint density at radius 3 is 2.44 bits per heavy atom. The van der Waals surface area contributed by atoms with Crippen LogP contribution in [0.15, 0.2) is 36.4 Å². The standard InChI is InChI=1S/C19H24N2O4/c1-12(19(20,16(22)23)17(24)25-18(2,3)4)11-14-10-9-13-7-5-6-8-15(13)21-14/h5-10,12H,11,20H2,1-4H3,(H,22,23). The van der Waals surface area contributed by atoms with E-state index >= 15 is 0 Å². The number of ether oxygens (including phenoxy) is 1. The lowest BCUT2D eigenvalue weighted by molar-refractivity contribution is -0.171. The number of benzene rings is 1. The number of carboxylic acids is 1. The summed E-state index contributed by atoms with van der Waals surface area (Å²) in [7, 11) is 0. The monoisotopic (exact) mass is 344 g/mol. The fraction of sp³-hybridized carbons (Fsp3) is 0.421. The third-order valence-electron chi connectivity index (χ3n) is 4.04. The summed E-state index contributed by atoms with van der Waals surface area (Å²) in [4.78, 5) is 28.7. The van der Waals surface area contributed by atoms with E-state index in [2.05, 4.69) is 4.98 Å². The molecule has 2 rings (SSSR count). The van der Waals surface area contributed by atoms with E-state index in [0.717, 1.165) is 10.9 Å². The average Bonchev–Trinajstić information content (AvgIpc) is 2.51. The molecular weight excluding hydrogens is 320 g/mol. The van der Waals surface area contributed by atoms with E-state index < -0.39 is 29.0 Å². The lowest BCUT2D eigenvalue weighted by atomic mass is 9.82. The Hall–Kier alpha value is -2.47. The molecule has 3 N–H and O–H groups in total. The summed E-state index contributed by atoms with van der Waals surface area (Å²) in [6, 6.07) is 11.4. The van der Waals surface area contributed by atoms with E-state index in [4.69, 9.17) is 10.5 Å². The first kappa shape index (κ1) is 18.9. The van der Waals surface area contributed by atoms with E-state index in [1.165, 1.54) is 0 Å². The molecule has 6 nitrogen and oxygen atoms in total. The van der Waals surface area contributed by atoms with Gasteiger partial charge in [0.15, 0.2) is 0 Å². The summed E-state index contributed by atoms with van der Waals surface area (Å²) in [5.41, 5.74) is 4.51. The van der Waals surface area contributed by atoms with Crippen molar-refractivity contribution < 1.29 is 19.4 Å². The Kier molecular flexibility index (Phi) is 5.13. The van der Waals surface area contributed by atoms with Crippen molar-refractivity contribution in [2.45, 2.75) is 45.3 Å². The van der Waals surface area contributed by atoms with Crippen LogP contribution in [0.2, 0.25) is 0 Å². The van der Waals surface area contributed by atoms with Gasteiger partial charge < -0.3 is 15.6 Å². The molecule has 0 bridgehead atoms. The van der Waals surface area contributed by atoms with E-state index in [1.807, 2.05) is 36.4 Å². The second-order valence-corrected chi connectivity index (χ2v) is 7.28. The van der Waals surface area contributed by atoms with E-state index in [0.29, 0.717) is 5.69 Å². The van der Waals surface area contributed by atoms with E-state index in [-0.39, 0.29) is 6.42 Å². The van der Waals surface area contributed by atoms with Crippen LogP contribution in [-0.2, 0) is 20.7 Å². The van der Waals surface area contributed by atoms with Crippen LogP contribution in [0, 0.1) is 5.92 Å². The van der Waals surface area contributed by atoms with Crippen molar-refractivity contribution in [2.24, 2.45) is 11.7 Å². The maximum absolute atomic E-state index is 12.4. The summed E-state index contributed by atoms with van der Waals surface area (Å²) in [6.45, 7) is 6.63. The normalized spacial score (nSPS) is 15.4. The molecule has 2 atom stereocenters. The number of aromatic nitrogens is 1. The van der Waals surface area contributed by atoms with Crippen LogP contribution in [0.25, 0.3) is 10.9 Å². The Bertz CT molecular complexity index is 797. The molecule has 1 heterocycles. The molecule has 0 aliphatic heterocycles. The van der Waals surface area contributed by atoms with Crippen LogP contribution in [0.5, 0.6) is 0 Å². The highest BCUT2D eigenvalue weighted by Gasteiger charge is 2.50. The zero-order valence-electron chi connectivity index (χ0n) is 14.9. The first-order valence-electron chi connectivity index (χ1n) is 8.14. The molecule has 0 aliphatic rings. The quantitative estimate of drug-likeness (QED) is 0.638. The minimum Gasteiger partial charge on any atom is -0.479 e. The van der Waals surface area contributed by atoms with Crippen LogP contribution in [0.4, 0.5) is 0 Å². The Balaban J connectivity index is 2.28. The molecule has 134 valence electrons. The fourth-order valence-electron chi connectivity index (χ4n) is 2.56. The van der Waals surface area contributed by atoms with Crippen molar-refractivity contribution >= 4 is 22.8 Å². The smallest absolute Gasteiger partial charge is 0.338 e. The number of hydrogen-bond acceptors (Lipinski definition) is 5. The lowest BCUT2D eigenvalue weighted by Gasteiger charge is -2.32. The van der Waals surface area contributed by atoms with Crippen LogP contribution in [0.1, 0.15) is 33.4 Å². The fourth-order valence-corrected chi connectivity index (χ4v) is 2.56. The van der Waals surface area contributed by atoms with Gasteiger partial charge in [-0.3, -0.25) is 4.98 Å². The molecule has 0 spiro atoms. The molecule has 6 heteroatoms.